The number of piperidine rings is 1. The van der Waals surface area contributed by atoms with Crippen LogP contribution in [0, 0.1) is 20.8 Å². The Balaban J connectivity index is 1.95. The number of rotatable bonds is 3. The Morgan fingerprint density at radius 2 is 1.80 bits per heavy atom. The monoisotopic (exact) mass is 275 g/mol. The molecule has 0 unspecified atom stereocenters. The van der Waals surface area contributed by atoms with Gasteiger partial charge in [-0.15, -0.1) is 0 Å². The molecule has 1 aliphatic rings. The lowest BCUT2D eigenvalue weighted by Crippen LogP contribution is -2.43. The third-order valence-corrected chi connectivity index (χ3v) is 3.94. The van der Waals surface area contributed by atoms with Gasteiger partial charge in [-0.05, 0) is 44.7 Å². The predicted molar refractivity (Wildman–Crippen MR) is 82.9 cm³/mol. The standard InChI is InChI=1S/C16H25N3O/c1-11-8-12(2)16(13(3)9-11)18-15(20)10-19-6-4-14(17)5-7-19/h8-9,14H,4-7,10,17H2,1-3H3,(H,18,20). The highest BCUT2D eigenvalue weighted by Gasteiger charge is 2.18. The Labute approximate surface area is 121 Å². The number of anilines is 1. The molecule has 0 aromatic heterocycles. The van der Waals surface area contributed by atoms with Crippen LogP contribution in [0.3, 0.4) is 0 Å². The number of nitrogens with two attached hydrogens (primary N) is 1. The van der Waals surface area contributed by atoms with Gasteiger partial charge >= 0.3 is 0 Å². The van der Waals surface area contributed by atoms with Gasteiger partial charge in [0, 0.05) is 24.8 Å². The maximum atomic E-state index is 12.2. The van der Waals surface area contributed by atoms with Crippen molar-refractivity contribution in [2.24, 2.45) is 5.73 Å². The van der Waals surface area contributed by atoms with Crippen molar-refractivity contribution in [1.82, 2.24) is 4.90 Å². The van der Waals surface area contributed by atoms with E-state index in [9.17, 15) is 4.79 Å². The third-order valence-electron chi connectivity index (χ3n) is 3.94. The lowest BCUT2D eigenvalue weighted by atomic mass is 10.0. The van der Waals surface area contributed by atoms with E-state index < -0.39 is 0 Å². The molecule has 1 amide bonds. The van der Waals surface area contributed by atoms with E-state index in [1.54, 1.807) is 0 Å². The van der Waals surface area contributed by atoms with E-state index >= 15 is 0 Å². The molecular weight excluding hydrogens is 250 g/mol. The van der Waals surface area contributed by atoms with Gasteiger partial charge in [-0.3, -0.25) is 9.69 Å². The second kappa shape index (κ2) is 6.37. The van der Waals surface area contributed by atoms with Crippen molar-refractivity contribution in [3.05, 3.63) is 28.8 Å². The Hall–Kier alpha value is -1.39. The molecule has 0 spiro atoms. The number of carbonyl (C=O) groups is 1. The van der Waals surface area contributed by atoms with E-state index in [1.807, 2.05) is 13.8 Å². The average molecular weight is 275 g/mol. The number of amides is 1. The zero-order valence-corrected chi connectivity index (χ0v) is 12.7. The van der Waals surface area contributed by atoms with E-state index in [2.05, 4.69) is 29.3 Å². The Morgan fingerprint density at radius 1 is 1.25 bits per heavy atom. The highest BCUT2D eigenvalue weighted by atomic mass is 16.2. The van der Waals surface area contributed by atoms with Crippen LogP contribution >= 0.6 is 0 Å². The number of likely N-dealkylation sites (tertiary alicyclic amines) is 1. The largest absolute Gasteiger partial charge is 0.328 e. The van der Waals surface area contributed by atoms with Crippen LogP contribution in [0.25, 0.3) is 0 Å². The quantitative estimate of drug-likeness (QED) is 0.886. The molecule has 1 saturated heterocycles. The maximum absolute atomic E-state index is 12.2. The van der Waals surface area contributed by atoms with Gasteiger partial charge in [-0.1, -0.05) is 17.7 Å². The maximum Gasteiger partial charge on any atom is 0.238 e. The van der Waals surface area contributed by atoms with Crippen molar-refractivity contribution < 1.29 is 4.79 Å². The first-order valence-corrected chi connectivity index (χ1v) is 7.31. The van der Waals surface area contributed by atoms with Gasteiger partial charge in [0.15, 0.2) is 0 Å². The Bertz CT molecular complexity index is 467. The summed E-state index contributed by atoms with van der Waals surface area (Å²) >= 11 is 0. The number of benzene rings is 1. The first-order valence-electron chi connectivity index (χ1n) is 7.31. The molecule has 20 heavy (non-hydrogen) atoms. The predicted octanol–water partition coefficient (Wildman–Crippen LogP) is 1.97. The minimum Gasteiger partial charge on any atom is -0.328 e. The summed E-state index contributed by atoms with van der Waals surface area (Å²) in [6, 6.07) is 4.50. The normalized spacial score (nSPS) is 17.2. The number of nitrogens with zero attached hydrogens (tertiary/aromatic N) is 1. The van der Waals surface area contributed by atoms with Crippen LogP contribution in [0.2, 0.25) is 0 Å². The van der Waals surface area contributed by atoms with E-state index in [1.165, 1.54) is 5.56 Å². The highest BCUT2D eigenvalue weighted by Crippen LogP contribution is 2.22. The van der Waals surface area contributed by atoms with Gasteiger partial charge in [-0.2, -0.15) is 0 Å². The van der Waals surface area contributed by atoms with E-state index in [0.29, 0.717) is 12.6 Å². The van der Waals surface area contributed by atoms with E-state index in [4.69, 9.17) is 5.73 Å². The van der Waals surface area contributed by atoms with Crippen LogP contribution in [0.4, 0.5) is 5.69 Å². The molecule has 1 aromatic rings. The fourth-order valence-electron chi connectivity index (χ4n) is 2.87. The van der Waals surface area contributed by atoms with Crippen LogP contribution in [-0.2, 0) is 4.79 Å². The number of aryl methyl sites for hydroxylation is 3. The van der Waals surface area contributed by atoms with Crippen molar-refractivity contribution in [2.75, 3.05) is 25.0 Å². The number of hydrogen-bond donors (Lipinski definition) is 2. The molecule has 0 atom stereocenters. The highest BCUT2D eigenvalue weighted by molar-refractivity contribution is 5.93. The van der Waals surface area contributed by atoms with Gasteiger partial charge in [0.05, 0.1) is 6.54 Å². The van der Waals surface area contributed by atoms with Crippen LogP contribution in [-0.4, -0.2) is 36.5 Å². The minimum atomic E-state index is 0.0653. The van der Waals surface area contributed by atoms with Crippen LogP contribution in [0.15, 0.2) is 12.1 Å². The fourth-order valence-corrected chi connectivity index (χ4v) is 2.87. The second-order valence-corrected chi connectivity index (χ2v) is 5.94. The topological polar surface area (TPSA) is 58.4 Å². The van der Waals surface area contributed by atoms with Crippen LogP contribution in [0.1, 0.15) is 29.5 Å². The van der Waals surface area contributed by atoms with E-state index in [0.717, 1.165) is 42.7 Å². The minimum absolute atomic E-state index is 0.0653. The molecule has 1 fully saturated rings. The molecular formula is C16H25N3O. The summed E-state index contributed by atoms with van der Waals surface area (Å²) in [5.74, 6) is 0.0653. The molecule has 4 nitrogen and oxygen atoms in total. The zero-order valence-electron chi connectivity index (χ0n) is 12.7. The molecule has 0 aliphatic carbocycles. The molecule has 3 N–H and O–H groups in total. The number of nitrogens with one attached hydrogen (secondary N) is 1. The van der Waals surface area contributed by atoms with Crippen LogP contribution < -0.4 is 11.1 Å². The smallest absolute Gasteiger partial charge is 0.238 e. The number of hydrogen-bond acceptors (Lipinski definition) is 3. The van der Waals surface area contributed by atoms with Gasteiger partial charge in [0.25, 0.3) is 0 Å². The van der Waals surface area contributed by atoms with Crippen molar-refractivity contribution in [3.63, 3.8) is 0 Å². The molecule has 0 saturated carbocycles. The van der Waals surface area contributed by atoms with Crippen molar-refractivity contribution in [1.29, 1.82) is 0 Å². The molecule has 110 valence electrons. The van der Waals surface area contributed by atoms with Crippen molar-refractivity contribution >= 4 is 11.6 Å². The van der Waals surface area contributed by atoms with Gasteiger partial charge in [0.1, 0.15) is 0 Å². The number of carbonyl (C=O) groups excluding carboxylic acids is 1. The molecule has 4 heteroatoms. The molecule has 1 heterocycles. The first kappa shape index (κ1) is 15.0. The summed E-state index contributed by atoms with van der Waals surface area (Å²) in [6.45, 7) is 8.44. The SMILES string of the molecule is Cc1cc(C)c(NC(=O)CN2CCC(N)CC2)c(C)c1. The molecule has 1 aliphatic heterocycles. The molecule has 0 bridgehead atoms. The van der Waals surface area contributed by atoms with Crippen molar-refractivity contribution in [3.8, 4) is 0 Å². The summed E-state index contributed by atoms with van der Waals surface area (Å²) < 4.78 is 0. The molecule has 1 aromatic carbocycles. The van der Waals surface area contributed by atoms with Gasteiger partial charge in [-0.25, -0.2) is 0 Å². The second-order valence-electron chi connectivity index (χ2n) is 5.94. The van der Waals surface area contributed by atoms with Gasteiger partial charge < -0.3 is 11.1 Å². The Kier molecular flexibility index (Phi) is 4.78. The summed E-state index contributed by atoms with van der Waals surface area (Å²) in [4.78, 5) is 14.3. The lowest BCUT2D eigenvalue weighted by molar-refractivity contribution is -0.117. The molecule has 0 radical (unpaired) electrons. The Morgan fingerprint density at radius 3 is 2.35 bits per heavy atom. The first-order chi connectivity index (χ1) is 9.45. The van der Waals surface area contributed by atoms with E-state index in [-0.39, 0.29) is 5.91 Å². The lowest BCUT2D eigenvalue weighted by Gasteiger charge is -2.29. The molecule has 2 rings (SSSR count). The summed E-state index contributed by atoms with van der Waals surface area (Å²) in [5.41, 5.74) is 10.3. The zero-order chi connectivity index (χ0) is 14.7. The third kappa shape index (κ3) is 3.81. The average Bonchev–Trinajstić information content (AvgIpc) is 2.36. The summed E-state index contributed by atoms with van der Waals surface area (Å²) in [6.07, 6.45) is 1.96. The summed E-state index contributed by atoms with van der Waals surface area (Å²) in [5, 5.41) is 3.05. The fraction of sp³-hybridized carbons (Fsp3) is 0.562. The van der Waals surface area contributed by atoms with Crippen molar-refractivity contribution in [2.45, 2.75) is 39.7 Å². The van der Waals surface area contributed by atoms with Crippen LogP contribution in [0.5, 0.6) is 0 Å². The van der Waals surface area contributed by atoms with Gasteiger partial charge in [0.2, 0.25) is 5.91 Å². The summed E-state index contributed by atoms with van der Waals surface area (Å²) in [7, 11) is 0.